The molecule has 0 unspecified atom stereocenters. The number of hydrogen-bond donors (Lipinski definition) is 2. The van der Waals surface area contributed by atoms with Gasteiger partial charge in [-0.2, -0.15) is 0 Å². The highest BCUT2D eigenvalue weighted by molar-refractivity contribution is 6.34. The first-order valence-electron chi connectivity index (χ1n) is 7.36. The predicted molar refractivity (Wildman–Crippen MR) is 94.8 cm³/mol. The summed E-state index contributed by atoms with van der Waals surface area (Å²) in [6.45, 7) is 0. The maximum absolute atomic E-state index is 12.1. The number of carbonyl (C=O) groups is 2. The van der Waals surface area contributed by atoms with Crippen LogP contribution >= 0.6 is 11.6 Å². The SMILES string of the molecule is O=C(NNC(=O)c1ccc([N+](=O)[O-])cc1Cl)c1ccc2ccccc2n1. The van der Waals surface area contributed by atoms with Gasteiger partial charge in [-0.25, -0.2) is 4.98 Å². The molecule has 2 N–H and O–H groups in total. The van der Waals surface area contributed by atoms with Crippen LogP contribution in [0.1, 0.15) is 20.8 Å². The van der Waals surface area contributed by atoms with Crippen molar-refractivity contribution in [2.75, 3.05) is 0 Å². The third-order valence-electron chi connectivity index (χ3n) is 3.53. The molecule has 1 aromatic heterocycles. The number of nitrogens with zero attached hydrogens (tertiary/aromatic N) is 2. The van der Waals surface area contributed by atoms with Gasteiger partial charge in [0.2, 0.25) is 0 Å². The molecule has 3 rings (SSSR count). The van der Waals surface area contributed by atoms with Gasteiger partial charge in [-0.3, -0.25) is 30.6 Å². The first-order valence-corrected chi connectivity index (χ1v) is 7.74. The molecule has 26 heavy (non-hydrogen) atoms. The van der Waals surface area contributed by atoms with Crippen molar-refractivity contribution < 1.29 is 14.5 Å². The lowest BCUT2D eigenvalue weighted by molar-refractivity contribution is -0.384. The number of benzene rings is 2. The Kier molecular flexibility index (Phi) is 4.76. The number of pyridine rings is 1. The van der Waals surface area contributed by atoms with Gasteiger partial charge in [0, 0.05) is 17.5 Å². The van der Waals surface area contributed by atoms with Crippen molar-refractivity contribution in [3.63, 3.8) is 0 Å². The van der Waals surface area contributed by atoms with Crippen molar-refractivity contribution in [3.05, 3.63) is 81.0 Å². The van der Waals surface area contributed by atoms with E-state index in [1.165, 1.54) is 12.1 Å². The lowest BCUT2D eigenvalue weighted by Crippen LogP contribution is -2.42. The molecule has 0 spiro atoms. The molecule has 0 aliphatic heterocycles. The molecule has 0 aliphatic carbocycles. The van der Waals surface area contributed by atoms with E-state index in [9.17, 15) is 19.7 Å². The Hall–Kier alpha value is -3.52. The first kappa shape index (κ1) is 17.3. The predicted octanol–water partition coefficient (Wildman–Crippen LogP) is 2.87. The normalized spacial score (nSPS) is 10.3. The van der Waals surface area contributed by atoms with E-state index in [1.54, 1.807) is 18.2 Å². The van der Waals surface area contributed by atoms with Crippen LogP contribution in [0.15, 0.2) is 54.6 Å². The zero-order valence-corrected chi connectivity index (χ0v) is 13.9. The van der Waals surface area contributed by atoms with Crippen molar-refractivity contribution in [2.24, 2.45) is 0 Å². The second kappa shape index (κ2) is 7.16. The van der Waals surface area contributed by atoms with Gasteiger partial charge >= 0.3 is 0 Å². The molecule has 1 heterocycles. The van der Waals surface area contributed by atoms with Crippen LogP contribution in [-0.4, -0.2) is 21.7 Å². The minimum Gasteiger partial charge on any atom is -0.267 e. The minimum atomic E-state index is -0.709. The molecule has 8 nitrogen and oxygen atoms in total. The minimum absolute atomic E-state index is 0.0102. The maximum Gasteiger partial charge on any atom is 0.288 e. The van der Waals surface area contributed by atoms with Gasteiger partial charge in [-0.05, 0) is 18.2 Å². The molecule has 2 aromatic carbocycles. The molecule has 9 heteroatoms. The number of carbonyl (C=O) groups excluding carboxylic acids is 2. The van der Waals surface area contributed by atoms with E-state index < -0.39 is 16.7 Å². The van der Waals surface area contributed by atoms with Crippen LogP contribution in [0.2, 0.25) is 5.02 Å². The Balaban J connectivity index is 1.70. The van der Waals surface area contributed by atoms with Crippen molar-refractivity contribution in [2.45, 2.75) is 0 Å². The third-order valence-corrected chi connectivity index (χ3v) is 3.84. The number of fused-ring (bicyclic) bond motifs is 1. The van der Waals surface area contributed by atoms with Crippen molar-refractivity contribution in [3.8, 4) is 0 Å². The molecular weight excluding hydrogens is 360 g/mol. The molecule has 0 aliphatic rings. The number of nitro benzene ring substituents is 1. The molecule has 0 atom stereocenters. The smallest absolute Gasteiger partial charge is 0.267 e. The molecule has 3 aromatic rings. The van der Waals surface area contributed by atoms with Crippen molar-refractivity contribution in [1.29, 1.82) is 0 Å². The summed E-state index contributed by atoms with van der Waals surface area (Å²) in [5, 5.41) is 11.5. The summed E-state index contributed by atoms with van der Waals surface area (Å²) >= 11 is 5.88. The topological polar surface area (TPSA) is 114 Å². The largest absolute Gasteiger partial charge is 0.288 e. The van der Waals surface area contributed by atoms with Crippen LogP contribution < -0.4 is 10.9 Å². The van der Waals surface area contributed by atoms with Crippen LogP contribution in [0.4, 0.5) is 5.69 Å². The van der Waals surface area contributed by atoms with E-state index in [-0.39, 0.29) is 22.0 Å². The fourth-order valence-corrected chi connectivity index (χ4v) is 2.50. The summed E-state index contributed by atoms with van der Waals surface area (Å²) in [7, 11) is 0. The molecule has 130 valence electrons. The Morgan fingerprint density at radius 2 is 1.73 bits per heavy atom. The lowest BCUT2D eigenvalue weighted by atomic mass is 10.2. The van der Waals surface area contributed by atoms with E-state index >= 15 is 0 Å². The van der Waals surface area contributed by atoms with Gasteiger partial charge in [0.1, 0.15) is 5.69 Å². The summed E-state index contributed by atoms with van der Waals surface area (Å²) in [4.78, 5) is 38.5. The van der Waals surface area contributed by atoms with Gasteiger partial charge in [-0.1, -0.05) is 35.9 Å². The number of hydrazine groups is 1. The van der Waals surface area contributed by atoms with E-state index in [1.807, 2.05) is 12.1 Å². The number of halogens is 1. The molecule has 0 radical (unpaired) electrons. The zero-order valence-electron chi connectivity index (χ0n) is 13.1. The van der Waals surface area contributed by atoms with E-state index in [0.717, 1.165) is 17.5 Å². The zero-order chi connectivity index (χ0) is 18.7. The fraction of sp³-hybridized carbons (Fsp3) is 0. The van der Waals surface area contributed by atoms with Crippen LogP contribution in [0.25, 0.3) is 10.9 Å². The molecule has 0 fully saturated rings. The molecule has 0 saturated carbocycles. The van der Waals surface area contributed by atoms with Gasteiger partial charge in [0.15, 0.2) is 0 Å². The van der Waals surface area contributed by atoms with Crippen LogP contribution in [0.3, 0.4) is 0 Å². The van der Waals surface area contributed by atoms with Crippen LogP contribution in [0.5, 0.6) is 0 Å². The van der Waals surface area contributed by atoms with Crippen molar-refractivity contribution in [1.82, 2.24) is 15.8 Å². The van der Waals surface area contributed by atoms with E-state index in [0.29, 0.717) is 5.52 Å². The summed E-state index contributed by atoms with van der Waals surface area (Å²) in [5.41, 5.74) is 4.95. The van der Waals surface area contributed by atoms with Gasteiger partial charge in [0.05, 0.1) is 21.0 Å². The highest BCUT2D eigenvalue weighted by Gasteiger charge is 2.16. The molecular formula is C17H11ClN4O4. The monoisotopic (exact) mass is 370 g/mol. The van der Waals surface area contributed by atoms with Gasteiger partial charge in [-0.15, -0.1) is 0 Å². The van der Waals surface area contributed by atoms with E-state index in [2.05, 4.69) is 15.8 Å². The maximum atomic E-state index is 12.1. The van der Waals surface area contributed by atoms with Gasteiger partial charge < -0.3 is 0 Å². The Morgan fingerprint density at radius 1 is 1.00 bits per heavy atom. The summed E-state index contributed by atoms with van der Waals surface area (Å²) < 4.78 is 0. The highest BCUT2D eigenvalue weighted by atomic mass is 35.5. The summed E-state index contributed by atoms with van der Waals surface area (Å²) in [6, 6.07) is 14.0. The van der Waals surface area contributed by atoms with E-state index in [4.69, 9.17) is 11.6 Å². The average molecular weight is 371 g/mol. The number of nitrogens with one attached hydrogen (secondary N) is 2. The number of rotatable bonds is 3. The number of para-hydroxylation sites is 1. The fourth-order valence-electron chi connectivity index (χ4n) is 2.24. The first-order chi connectivity index (χ1) is 12.5. The number of hydrogen-bond acceptors (Lipinski definition) is 5. The number of non-ortho nitro benzene ring substituents is 1. The Labute approximate surface area is 151 Å². The molecule has 2 amide bonds. The third kappa shape index (κ3) is 3.60. The second-order valence-corrected chi connectivity index (χ2v) is 5.63. The molecule has 0 saturated heterocycles. The highest BCUT2D eigenvalue weighted by Crippen LogP contribution is 2.22. The molecule has 0 bridgehead atoms. The summed E-state index contributed by atoms with van der Waals surface area (Å²) in [6.07, 6.45) is 0. The quantitative estimate of drug-likeness (QED) is 0.543. The Bertz CT molecular complexity index is 1040. The van der Waals surface area contributed by atoms with Crippen LogP contribution in [0, 0.1) is 10.1 Å². The van der Waals surface area contributed by atoms with Crippen molar-refractivity contribution >= 4 is 40.0 Å². The number of aromatic nitrogens is 1. The van der Waals surface area contributed by atoms with Gasteiger partial charge in [0.25, 0.3) is 17.5 Å². The summed E-state index contributed by atoms with van der Waals surface area (Å²) in [5.74, 6) is -1.32. The number of amides is 2. The van der Waals surface area contributed by atoms with Crippen LogP contribution in [-0.2, 0) is 0 Å². The standard InChI is InChI=1S/C17H11ClN4O4/c18-13-9-11(22(25)26)6-7-12(13)16(23)20-21-17(24)15-8-5-10-3-1-2-4-14(10)19-15/h1-9H,(H,20,23)(H,21,24). The Morgan fingerprint density at radius 3 is 2.46 bits per heavy atom. The second-order valence-electron chi connectivity index (χ2n) is 5.22. The lowest BCUT2D eigenvalue weighted by Gasteiger charge is -2.08. The number of nitro groups is 1. The average Bonchev–Trinajstić information content (AvgIpc) is 2.65.